The van der Waals surface area contributed by atoms with Crippen molar-refractivity contribution in [3.8, 4) is 5.69 Å². The third-order valence-corrected chi connectivity index (χ3v) is 7.74. The standard InChI is InChI=1S/C31H27N7O2S/c1-18-14-15-33-29-27(28(32)36-38(18)29)30(39)34-19(2)25-16-22-9-7-8-21(12-13-23-17-41-20(3)35-23)26(22)31(40)37(25)24-10-5-4-6-11-24/h4-17,19H,1-3H3,(H2,32,36)(H,34,39)/b13-12+. The van der Waals surface area contributed by atoms with E-state index in [1.165, 1.54) is 0 Å². The predicted octanol–water partition coefficient (Wildman–Crippen LogP) is 5.35. The van der Waals surface area contributed by atoms with Crippen molar-refractivity contribution < 1.29 is 4.79 Å². The normalized spacial score (nSPS) is 12.4. The largest absolute Gasteiger partial charge is 0.381 e. The maximum Gasteiger partial charge on any atom is 0.263 e. The highest BCUT2D eigenvalue weighted by Gasteiger charge is 2.24. The maximum atomic E-state index is 14.2. The van der Waals surface area contributed by atoms with E-state index in [1.54, 1.807) is 32.7 Å². The zero-order valence-electron chi connectivity index (χ0n) is 22.7. The van der Waals surface area contributed by atoms with Crippen LogP contribution in [0.4, 0.5) is 5.82 Å². The highest BCUT2D eigenvalue weighted by Crippen LogP contribution is 2.26. The van der Waals surface area contributed by atoms with Gasteiger partial charge in [-0.25, -0.2) is 14.5 Å². The number of nitrogens with one attached hydrogen (secondary N) is 1. The van der Waals surface area contributed by atoms with Crippen molar-refractivity contribution in [2.45, 2.75) is 26.8 Å². The Morgan fingerprint density at radius 3 is 2.63 bits per heavy atom. The lowest BCUT2D eigenvalue weighted by atomic mass is 10.0. The fourth-order valence-electron chi connectivity index (χ4n) is 4.98. The average molecular weight is 562 g/mol. The molecule has 4 aromatic heterocycles. The molecule has 4 heterocycles. The number of aryl methyl sites for hydroxylation is 2. The van der Waals surface area contributed by atoms with Crippen molar-refractivity contribution in [2.75, 3.05) is 5.73 Å². The van der Waals surface area contributed by atoms with Gasteiger partial charge in [0.15, 0.2) is 11.5 Å². The van der Waals surface area contributed by atoms with Gasteiger partial charge in [0, 0.05) is 28.7 Å². The second-order valence-electron chi connectivity index (χ2n) is 9.76. The topological polar surface area (TPSA) is 120 Å². The van der Waals surface area contributed by atoms with E-state index in [-0.39, 0.29) is 16.9 Å². The number of thiazole rings is 1. The van der Waals surface area contributed by atoms with Gasteiger partial charge in [0.2, 0.25) is 0 Å². The van der Waals surface area contributed by atoms with Crippen molar-refractivity contribution in [3.63, 3.8) is 0 Å². The van der Waals surface area contributed by atoms with Gasteiger partial charge in [-0.2, -0.15) is 0 Å². The van der Waals surface area contributed by atoms with E-state index in [9.17, 15) is 9.59 Å². The van der Waals surface area contributed by atoms with Crippen molar-refractivity contribution in [1.82, 2.24) is 29.5 Å². The third-order valence-electron chi connectivity index (χ3n) is 6.95. The molecule has 1 atom stereocenters. The van der Waals surface area contributed by atoms with E-state index < -0.39 is 11.9 Å². The summed E-state index contributed by atoms with van der Waals surface area (Å²) in [5.41, 5.74) is 10.3. The first-order valence-electron chi connectivity index (χ1n) is 13.1. The summed E-state index contributed by atoms with van der Waals surface area (Å²) in [5, 5.41) is 11.6. The second-order valence-corrected chi connectivity index (χ2v) is 10.8. The average Bonchev–Trinajstić information content (AvgIpc) is 3.54. The van der Waals surface area contributed by atoms with Crippen LogP contribution >= 0.6 is 11.3 Å². The fourth-order valence-corrected chi connectivity index (χ4v) is 5.56. The highest BCUT2D eigenvalue weighted by atomic mass is 32.1. The Kier molecular flexibility index (Phi) is 6.68. The molecule has 0 aliphatic heterocycles. The quantitative estimate of drug-likeness (QED) is 0.283. The molecule has 6 rings (SSSR count). The smallest absolute Gasteiger partial charge is 0.263 e. The predicted molar refractivity (Wildman–Crippen MR) is 163 cm³/mol. The number of pyridine rings is 1. The summed E-state index contributed by atoms with van der Waals surface area (Å²) in [5.74, 6) is -0.340. The molecule has 0 spiro atoms. The van der Waals surface area contributed by atoms with Crippen LogP contribution < -0.4 is 16.6 Å². The lowest BCUT2D eigenvalue weighted by molar-refractivity contribution is 0.0941. The number of rotatable bonds is 6. The van der Waals surface area contributed by atoms with Crippen LogP contribution in [0.3, 0.4) is 0 Å². The Labute approximate surface area is 239 Å². The van der Waals surface area contributed by atoms with E-state index >= 15 is 0 Å². The van der Waals surface area contributed by atoms with Crippen molar-refractivity contribution in [1.29, 1.82) is 0 Å². The van der Waals surface area contributed by atoms with Gasteiger partial charge in [-0.3, -0.25) is 14.2 Å². The minimum atomic E-state index is -0.559. The monoisotopic (exact) mass is 561 g/mol. The summed E-state index contributed by atoms with van der Waals surface area (Å²) < 4.78 is 3.20. The lowest BCUT2D eigenvalue weighted by Crippen LogP contribution is -2.32. The number of aromatic nitrogens is 5. The van der Waals surface area contributed by atoms with Gasteiger partial charge < -0.3 is 11.1 Å². The Morgan fingerprint density at radius 2 is 1.88 bits per heavy atom. The van der Waals surface area contributed by atoms with E-state index in [0.29, 0.717) is 22.4 Å². The number of hydrogen-bond donors (Lipinski definition) is 2. The first-order chi connectivity index (χ1) is 19.8. The molecule has 1 amide bonds. The number of amides is 1. The van der Waals surface area contributed by atoms with Crippen molar-refractivity contribution >= 4 is 51.6 Å². The van der Waals surface area contributed by atoms with Gasteiger partial charge in [-0.1, -0.05) is 42.5 Å². The number of fused-ring (bicyclic) bond motifs is 2. The van der Waals surface area contributed by atoms with E-state index in [2.05, 4.69) is 20.4 Å². The Hall–Kier alpha value is -5.09. The van der Waals surface area contributed by atoms with Gasteiger partial charge >= 0.3 is 0 Å². The number of benzene rings is 2. The van der Waals surface area contributed by atoms with Crippen LogP contribution in [-0.4, -0.2) is 30.1 Å². The molecule has 3 N–H and O–H groups in total. The molecule has 0 aliphatic carbocycles. The van der Waals surface area contributed by atoms with Crippen molar-refractivity contribution in [3.05, 3.63) is 116 Å². The SMILES string of the molecule is Cc1nc(/C=C/c2cccc3cc(C(C)NC(=O)c4c(N)nn5c(C)ccnc45)n(-c4ccccc4)c(=O)c23)cs1. The van der Waals surface area contributed by atoms with Crippen LogP contribution in [0.25, 0.3) is 34.3 Å². The summed E-state index contributed by atoms with van der Waals surface area (Å²) in [6.45, 7) is 5.66. The third kappa shape index (κ3) is 4.78. The number of nitrogens with two attached hydrogens (primary N) is 1. The molecule has 2 aromatic carbocycles. The number of nitrogens with zero attached hydrogens (tertiary/aromatic N) is 5. The maximum absolute atomic E-state index is 14.2. The summed E-state index contributed by atoms with van der Waals surface area (Å²) in [4.78, 5) is 36.6. The molecular formula is C31H27N7O2S. The minimum Gasteiger partial charge on any atom is -0.381 e. The molecule has 204 valence electrons. The van der Waals surface area contributed by atoms with E-state index in [0.717, 1.165) is 27.3 Å². The Balaban J connectivity index is 1.46. The molecule has 0 radical (unpaired) electrons. The Morgan fingerprint density at radius 1 is 1.07 bits per heavy atom. The molecule has 9 nitrogen and oxygen atoms in total. The molecule has 0 fully saturated rings. The van der Waals surface area contributed by atoms with Crippen molar-refractivity contribution in [2.24, 2.45) is 0 Å². The van der Waals surface area contributed by atoms with Crippen LogP contribution in [-0.2, 0) is 0 Å². The highest BCUT2D eigenvalue weighted by molar-refractivity contribution is 7.09. The number of nitrogen functional groups attached to an aromatic ring is 1. The van der Waals surface area contributed by atoms with E-state index in [1.807, 2.05) is 92.9 Å². The second kappa shape index (κ2) is 10.5. The number of carbonyl (C=O) groups is 1. The van der Waals surface area contributed by atoms with Crippen LogP contribution in [0.15, 0.2) is 77.0 Å². The molecule has 6 aromatic rings. The van der Waals surface area contributed by atoms with Crippen LogP contribution in [0, 0.1) is 13.8 Å². The van der Waals surface area contributed by atoms with Crippen LogP contribution in [0.1, 0.15) is 51.0 Å². The fraction of sp³-hybridized carbons (Fsp3) is 0.129. The molecule has 1 unspecified atom stereocenters. The first kappa shape index (κ1) is 26.1. The molecule has 41 heavy (non-hydrogen) atoms. The van der Waals surface area contributed by atoms with Gasteiger partial charge in [-0.15, -0.1) is 16.4 Å². The zero-order chi connectivity index (χ0) is 28.7. The number of carbonyl (C=O) groups excluding carboxylic acids is 1. The molecule has 10 heteroatoms. The van der Waals surface area contributed by atoms with Crippen LogP contribution in [0.5, 0.6) is 0 Å². The van der Waals surface area contributed by atoms with Crippen LogP contribution in [0.2, 0.25) is 0 Å². The Bertz CT molecular complexity index is 2020. The van der Waals surface area contributed by atoms with Gasteiger partial charge in [-0.05, 0) is 62.1 Å². The summed E-state index contributed by atoms with van der Waals surface area (Å²) in [6, 6.07) is 18.3. The number of para-hydroxylation sites is 1. The summed E-state index contributed by atoms with van der Waals surface area (Å²) >= 11 is 1.58. The number of hydrogen-bond acceptors (Lipinski definition) is 7. The molecule has 0 bridgehead atoms. The minimum absolute atomic E-state index is 0.0854. The zero-order valence-corrected chi connectivity index (χ0v) is 23.5. The molecule has 0 saturated carbocycles. The van der Waals surface area contributed by atoms with Gasteiger partial charge in [0.05, 0.1) is 22.1 Å². The lowest BCUT2D eigenvalue weighted by Gasteiger charge is -2.21. The summed E-state index contributed by atoms with van der Waals surface area (Å²) in [7, 11) is 0. The number of anilines is 1. The summed E-state index contributed by atoms with van der Waals surface area (Å²) in [6.07, 6.45) is 5.45. The van der Waals surface area contributed by atoms with Gasteiger partial charge in [0.1, 0.15) is 5.56 Å². The first-order valence-corrected chi connectivity index (χ1v) is 13.9. The molecular weight excluding hydrogens is 534 g/mol. The molecule has 0 saturated heterocycles. The van der Waals surface area contributed by atoms with Gasteiger partial charge in [0.25, 0.3) is 11.5 Å². The van der Waals surface area contributed by atoms with E-state index in [4.69, 9.17) is 5.73 Å². The molecule has 0 aliphatic rings.